The van der Waals surface area contributed by atoms with E-state index in [-0.39, 0.29) is 0 Å². The summed E-state index contributed by atoms with van der Waals surface area (Å²) in [6, 6.07) is 10.0. The van der Waals surface area contributed by atoms with Crippen molar-refractivity contribution in [2.24, 2.45) is 0 Å². The molecule has 0 amide bonds. The zero-order valence-electron chi connectivity index (χ0n) is 9.20. The SMILES string of the molecule is Cc1cccc(C(O)c2cc(C)c(Br)s2)c1. The monoisotopic (exact) mass is 296 g/mol. The standard InChI is InChI=1S/C13H13BrOS/c1-8-4-3-5-10(6-8)12(15)11-7-9(2)13(14)16-11/h3-7,12,15H,1-2H3. The lowest BCUT2D eigenvalue weighted by Crippen LogP contribution is -1.96. The minimum atomic E-state index is -0.519. The van der Waals surface area contributed by atoms with Crippen LogP contribution in [0.2, 0.25) is 0 Å². The topological polar surface area (TPSA) is 20.2 Å². The maximum atomic E-state index is 10.2. The van der Waals surface area contributed by atoms with Crippen molar-refractivity contribution in [1.82, 2.24) is 0 Å². The number of rotatable bonds is 2. The molecule has 2 rings (SSSR count). The normalized spacial score (nSPS) is 12.8. The number of halogens is 1. The van der Waals surface area contributed by atoms with Gasteiger partial charge in [0.1, 0.15) is 6.10 Å². The smallest absolute Gasteiger partial charge is 0.113 e. The third-order valence-electron chi connectivity index (χ3n) is 2.50. The average Bonchev–Trinajstić information content (AvgIpc) is 2.58. The van der Waals surface area contributed by atoms with Gasteiger partial charge in [-0.15, -0.1) is 11.3 Å². The predicted molar refractivity (Wildman–Crippen MR) is 72.0 cm³/mol. The molecular formula is C13H13BrOS. The second-order valence-electron chi connectivity index (χ2n) is 3.92. The van der Waals surface area contributed by atoms with E-state index in [0.717, 1.165) is 14.2 Å². The van der Waals surface area contributed by atoms with Gasteiger partial charge < -0.3 is 5.11 Å². The van der Waals surface area contributed by atoms with E-state index in [1.807, 2.05) is 44.2 Å². The Hall–Kier alpha value is -0.640. The molecule has 0 aliphatic carbocycles. The quantitative estimate of drug-likeness (QED) is 0.880. The van der Waals surface area contributed by atoms with E-state index in [1.54, 1.807) is 11.3 Å². The highest BCUT2D eigenvalue weighted by Gasteiger charge is 2.14. The molecule has 1 aromatic carbocycles. The second-order valence-corrected chi connectivity index (χ2v) is 6.32. The third kappa shape index (κ3) is 2.37. The number of aliphatic hydroxyl groups excluding tert-OH is 1. The van der Waals surface area contributed by atoms with Crippen LogP contribution in [0.3, 0.4) is 0 Å². The van der Waals surface area contributed by atoms with Crippen LogP contribution in [0, 0.1) is 13.8 Å². The van der Waals surface area contributed by atoms with Gasteiger partial charge in [0.2, 0.25) is 0 Å². The van der Waals surface area contributed by atoms with Gasteiger partial charge in [-0.25, -0.2) is 0 Å². The number of aryl methyl sites for hydroxylation is 2. The van der Waals surface area contributed by atoms with Crippen molar-refractivity contribution in [3.05, 3.63) is 55.7 Å². The van der Waals surface area contributed by atoms with Crippen molar-refractivity contribution in [2.45, 2.75) is 20.0 Å². The van der Waals surface area contributed by atoms with E-state index >= 15 is 0 Å². The summed E-state index contributed by atoms with van der Waals surface area (Å²) in [4.78, 5) is 0.981. The van der Waals surface area contributed by atoms with Crippen molar-refractivity contribution in [3.63, 3.8) is 0 Å². The molecule has 1 N–H and O–H groups in total. The van der Waals surface area contributed by atoms with Gasteiger partial charge in [-0.3, -0.25) is 0 Å². The highest BCUT2D eigenvalue weighted by Crippen LogP contribution is 2.34. The Labute approximate surface area is 108 Å². The van der Waals surface area contributed by atoms with Crippen LogP contribution in [-0.4, -0.2) is 5.11 Å². The fourth-order valence-corrected chi connectivity index (χ4v) is 3.21. The highest BCUT2D eigenvalue weighted by molar-refractivity contribution is 9.11. The summed E-state index contributed by atoms with van der Waals surface area (Å²) < 4.78 is 1.09. The lowest BCUT2D eigenvalue weighted by atomic mass is 10.1. The first-order valence-electron chi connectivity index (χ1n) is 5.08. The lowest BCUT2D eigenvalue weighted by molar-refractivity contribution is 0.224. The molecule has 1 unspecified atom stereocenters. The van der Waals surface area contributed by atoms with Crippen LogP contribution in [-0.2, 0) is 0 Å². The largest absolute Gasteiger partial charge is 0.383 e. The molecule has 3 heteroatoms. The Morgan fingerprint density at radius 2 is 2.00 bits per heavy atom. The maximum Gasteiger partial charge on any atom is 0.113 e. The van der Waals surface area contributed by atoms with Crippen molar-refractivity contribution in [3.8, 4) is 0 Å². The average molecular weight is 297 g/mol. The van der Waals surface area contributed by atoms with E-state index < -0.39 is 6.10 Å². The third-order valence-corrected chi connectivity index (χ3v) is 4.69. The predicted octanol–water partition coefficient (Wildman–Crippen LogP) is 4.21. The minimum Gasteiger partial charge on any atom is -0.383 e. The van der Waals surface area contributed by atoms with Gasteiger partial charge in [0.15, 0.2) is 0 Å². The molecule has 1 heterocycles. The molecule has 1 atom stereocenters. The van der Waals surface area contributed by atoms with Gasteiger partial charge in [-0.2, -0.15) is 0 Å². The lowest BCUT2D eigenvalue weighted by Gasteiger charge is -2.09. The Kier molecular flexibility index (Phi) is 3.47. The van der Waals surface area contributed by atoms with Gasteiger partial charge in [0, 0.05) is 4.88 Å². The number of thiophene rings is 1. The molecular weight excluding hydrogens is 284 g/mol. The first-order valence-corrected chi connectivity index (χ1v) is 6.69. The first kappa shape index (κ1) is 11.8. The van der Waals surface area contributed by atoms with Crippen LogP contribution in [0.5, 0.6) is 0 Å². The van der Waals surface area contributed by atoms with Gasteiger partial charge >= 0.3 is 0 Å². The Balaban J connectivity index is 2.35. The molecule has 0 aliphatic rings. The van der Waals surface area contributed by atoms with Crippen LogP contribution in [0.1, 0.15) is 27.7 Å². The van der Waals surface area contributed by atoms with Crippen LogP contribution < -0.4 is 0 Å². The molecule has 16 heavy (non-hydrogen) atoms. The molecule has 0 fully saturated rings. The summed E-state index contributed by atoms with van der Waals surface area (Å²) in [5.41, 5.74) is 3.30. The van der Waals surface area contributed by atoms with E-state index in [2.05, 4.69) is 15.9 Å². The Bertz CT molecular complexity index is 485. The van der Waals surface area contributed by atoms with Crippen molar-refractivity contribution in [2.75, 3.05) is 0 Å². The zero-order valence-corrected chi connectivity index (χ0v) is 11.6. The Morgan fingerprint density at radius 3 is 2.56 bits per heavy atom. The molecule has 0 aliphatic heterocycles. The zero-order chi connectivity index (χ0) is 11.7. The van der Waals surface area contributed by atoms with Gasteiger partial charge in [0.25, 0.3) is 0 Å². The highest BCUT2D eigenvalue weighted by atomic mass is 79.9. The van der Waals surface area contributed by atoms with E-state index in [9.17, 15) is 5.11 Å². The van der Waals surface area contributed by atoms with Crippen LogP contribution in [0.15, 0.2) is 34.1 Å². The van der Waals surface area contributed by atoms with Crippen molar-refractivity contribution >= 4 is 27.3 Å². The van der Waals surface area contributed by atoms with Gasteiger partial charge in [-0.1, -0.05) is 29.8 Å². The molecule has 84 valence electrons. The van der Waals surface area contributed by atoms with E-state index in [0.29, 0.717) is 0 Å². The summed E-state index contributed by atoms with van der Waals surface area (Å²) in [7, 11) is 0. The number of hydrogen-bond donors (Lipinski definition) is 1. The van der Waals surface area contributed by atoms with Crippen LogP contribution >= 0.6 is 27.3 Å². The number of hydrogen-bond acceptors (Lipinski definition) is 2. The molecule has 0 bridgehead atoms. The van der Waals surface area contributed by atoms with Crippen LogP contribution in [0.4, 0.5) is 0 Å². The molecule has 2 aromatic rings. The van der Waals surface area contributed by atoms with E-state index in [4.69, 9.17) is 0 Å². The second kappa shape index (κ2) is 4.70. The molecule has 0 spiro atoms. The van der Waals surface area contributed by atoms with Crippen molar-refractivity contribution < 1.29 is 5.11 Å². The fraction of sp³-hybridized carbons (Fsp3) is 0.231. The molecule has 0 saturated heterocycles. The number of benzene rings is 1. The Morgan fingerprint density at radius 1 is 1.25 bits per heavy atom. The first-order chi connectivity index (χ1) is 7.58. The summed E-state index contributed by atoms with van der Waals surface area (Å²) in [5.74, 6) is 0. The molecule has 0 saturated carbocycles. The summed E-state index contributed by atoms with van der Waals surface area (Å²) in [6.45, 7) is 4.07. The molecule has 1 nitrogen and oxygen atoms in total. The number of aliphatic hydroxyl groups is 1. The van der Waals surface area contributed by atoms with Crippen molar-refractivity contribution in [1.29, 1.82) is 0 Å². The van der Waals surface area contributed by atoms with Crippen LogP contribution in [0.25, 0.3) is 0 Å². The summed E-state index contributed by atoms with van der Waals surface area (Å²) >= 11 is 5.07. The van der Waals surface area contributed by atoms with Gasteiger partial charge in [0.05, 0.1) is 3.79 Å². The summed E-state index contributed by atoms with van der Waals surface area (Å²) in [5, 5.41) is 10.2. The fourth-order valence-electron chi connectivity index (χ4n) is 1.62. The van der Waals surface area contributed by atoms with Gasteiger partial charge in [-0.05, 0) is 47.0 Å². The molecule has 1 aromatic heterocycles. The molecule has 0 radical (unpaired) electrons. The maximum absolute atomic E-state index is 10.2. The minimum absolute atomic E-state index is 0.519. The summed E-state index contributed by atoms with van der Waals surface area (Å²) in [6.07, 6.45) is -0.519. The van der Waals surface area contributed by atoms with E-state index in [1.165, 1.54) is 11.1 Å².